The highest BCUT2D eigenvalue weighted by Gasteiger charge is 2.17. The molecule has 0 unspecified atom stereocenters. The van der Waals surface area contributed by atoms with E-state index in [1.807, 2.05) is 197 Å². The second-order valence-electron chi connectivity index (χ2n) is 12.4. The van der Waals surface area contributed by atoms with Crippen molar-refractivity contribution in [3.05, 3.63) is 242 Å². The van der Waals surface area contributed by atoms with Gasteiger partial charge in [0, 0.05) is 0 Å². The summed E-state index contributed by atoms with van der Waals surface area (Å²) in [6, 6.07) is 80.3. The zero-order valence-corrected chi connectivity index (χ0v) is 46.6. The fraction of sp³-hybridized carbons (Fsp3) is 0.286. The van der Waals surface area contributed by atoms with Gasteiger partial charge in [-0.3, -0.25) is 0 Å². The zero-order chi connectivity index (χ0) is 52.5. The van der Waals surface area contributed by atoms with Gasteiger partial charge < -0.3 is 0 Å². The molecule has 70 heavy (non-hydrogen) atoms. The summed E-state index contributed by atoms with van der Waals surface area (Å²) in [6.45, 7) is 36.0. The van der Waals surface area contributed by atoms with Crippen molar-refractivity contribution in [2.75, 3.05) is 0 Å². The number of benzene rings is 9. The molecule has 1 aliphatic rings. The lowest BCUT2D eigenvalue weighted by atomic mass is 9.86. The summed E-state index contributed by atoms with van der Waals surface area (Å²) >= 11 is 0. The first kappa shape index (κ1) is 70.1. The molecule has 0 spiro atoms. The first-order valence-electron chi connectivity index (χ1n) is 26.6. The SMILES string of the molecule is C.CC.CC.CC.CC.CC.CC.CC.CC.CC.c1ccc(-c2c3ccccc3c(-c3ccccc3)c3ccccc23)cc1.c1ccc2c(c1)Cc1ccccc1-2.c1ccccc1.c1ccccc1. The Hall–Kier alpha value is -6.50. The molecule has 0 N–H and O–H groups in total. The van der Waals surface area contributed by atoms with Gasteiger partial charge in [0.25, 0.3) is 0 Å². The second-order valence-corrected chi connectivity index (χ2v) is 12.4. The van der Waals surface area contributed by atoms with Gasteiger partial charge in [0.1, 0.15) is 0 Å². The van der Waals surface area contributed by atoms with Gasteiger partial charge in [0.2, 0.25) is 0 Å². The lowest BCUT2D eigenvalue weighted by Crippen LogP contribution is -1.90. The Morgan fingerprint density at radius 1 is 0.200 bits per heavy atom. The summed E-state index contributed by atoms with van der Waals surface area (Å²) in [5.41, 5.74) is 10.9. The van der Waals surface area contributed by atoms with E-state index >= 15 is 0 Å². The molecule has 10 rings (SSSR count). The maximum absolute atomic E-state index is 2.25. The van der Waals surface area contributed by atoms with Gasteiger partial charge >= 0.3 is 0 Å². The maximum atomic E-state index is 2.25. The Labute approximate surface area is 433 Å². The minimum absolute atomic E-state index is 0. The summed E-state index contributed by atoms with van der Waals surface area (Å²) in [4.78, 5) is 0. The zero-order valence-electron chi connectivity index (χ0n) is 46.6. The molecule has 0 aromatic heterocycles. The van der Waals surface area contributed by atoms with Crippen molar-refractivity contribution in [2.24, 2.45) is 0 Å². The van der Waals surface area contributed by atoms with E-state index in [1.165, 1.54) is 66.1 Å². The molecule has 0 radical (unpaired) electrons. The van der Waals surface area contributed by atoms with Crippen LogP contribution < -0.4 is 0 Å². The fourth-order valence-corrected chi connectivity index (χ4v) is 6.81. The molecule has 9 aromatic carbocycles. The predicted molar refractivity (Wildman–Crippen MR) is 329 cm³/mol. The van der Waals surface area contributed by atoms with Gasteiger partial charge in [-0.15, -0.1) is 0 Å². The standard InChI is InChI=1S/C26H18.C13H10.2C6H6.9C2H6.CH4/c1-3-11-19(12-4-1)25-21-15-7-9-17-23(21)26(20-13-5-2-6-14-20)24-18-10-8-16-22(24)25;1-3-7-12-10(5-1)9-11-6-2-4-8-13(11)12;2*1-2-4-6-5-3-1;9*1-2;/h1-18H;1-8H,9H2;2*1-6H;9*1-2H3;1H4. The third kappa shape index (κ3) is 23.7. The van der Waals surface area contributed by atoms with E-state index in [0.717, 1.165) is 6.42 Å². The minimum Gasteiger partial charge on any atom is -0.0776 e. The van der Waals surface area contributed by atoms with Crippen LogP contribution in [0.4, 0.5) is 0 Å². The average Bonchev–Trinajstić information content (AvgIpc) is 3.88. The minimum atomic E-state index is 0. The van der Waals surface area contributed by atoms with Gasteiger partial charge in [0.05, 0.1) is 0 Å². The van der Waals surface area contributed by atoms with Gasteiger partial charge in [-0.05, 0) is 72.5 Å². The largest absolute Gasteiger partial charge is 0.0776 e. The number of hydrogen-bond donors (Lipinski definition) is 0. The summed E-state index contributed by atoms with van der Waals surface area (Å²) < 4.78 is 0. The van der Waals surface area contributed by atoms with Crippen LogP contribution in [-0.2, 0) is 6.42 Å². The molecule has 0 amide bonds. The van der Waals surface area contributed by atoms with Crippen LogP contribution in [0.5, 0.6) is 0 Å². The van der Waals surface area contributed by atoms with E-state index in [2.05, 4.69) is 158 Å². The van der Waals surface area contributed by atoms with E-state index in [4.69, 9.17) is 0 Å². The quantitative estimate of drug-likeness (QED) is 0.152. The van der Waals surface area contributed by atoms with Crippen molar-refractivity contribution >= 4 is 21.5 Å². The molecule has 0 saturated carbocycles. The number of fused-ring (bicyclic) bond motifs is 5. The highest BCUT2D eigenvalue weighted by atomic mass is 14.2. The Kier molecular flexibility index (Phi) is 50.4. The molecule has 9 aromatic rings. The molecule has 378 valence electrons. The topological polar surface area (TPSA) is 0 Å². The third-order valence-corrected chi connectivity index (χ3v) is 9.10. The van der Waals surface area contributed by atoms with Gasteiger partial charge in [-0.1, -0.05) is 363 Å². The van der Waals surface area contributed by atoms with Crippen LogP contribution >= 0.6 is 0 Å². The van der Waals surface area contributed by atoms with Crippen LogP contribution in [0.3, 0.4) is 0 Å². The van der Waals surface area contributed by atoms with Crippen LogP contribution in [0.15, 0.2) is 231 Å². The lowest BCUT2D eigenvalue weighted by molar-refractivity contribution is 1.26. The molecule has 0 bridgehead atoms. The Morgan fingerprint density at radius 3 is 0.600 bits per heavy atom. The first-order valence-corrected chi connectivity index (χ1v) is 26.6. The fourth-order valence-electron chi connectivity index (χ4n) is 6.81. The normalized spacial score (nSPS) is 8.54. The lowest BCUT2D eigenvalue weighted by Gasteiger charge is -2.17. The van der Waals surface area contributed by atoms with E-state index in [-0.39, 0.29) is 7.43 Å². The number of hydrogen-bond acceptors (Lipinski definition) is 0. The summed E-state index contributed by atoms with van der Waals surface area (Å²) in [7, 11) is 0. The maximum Gasteiger partial charge on any atom is -0.00135 e. The molecule has 0 heteroatoms. The Balaban J connectivity index is -0.000000417. The Bertz CT molecular complexity index is 2130. The molecule has 0 fully saturated rings. The molecule has 0 atom stereocenters. The molecular weight excluding hydrogens is 841 g/mol. The van der Waals surface area contributed by atoms with Crippen molar-refractivity contribution < 1.29 is 0 Å². The van der Waals surface area contributed by atoms with E-state index in [9.17, 15) is 0 Å². The molecule has 0 saturated heterocycles. The molecule has 1 aliphatic carbocycles. The van der Waals surface area contributed by atoms with E-state index in [0.29, 0.717) is 0 Å². The van der Waals surface area contributed by atoms with Crippen LogP contribution in [0.2, 0.25) is 0 Å². The smallest absolute Gasteiger partial charge is 0.00135 e. The van der Waals surface area contributed by atoms with Gasteiger partial charge in [-0.25, -0.2) is 0 Å². The average molecular weight is 940 g/mol. The van der Waals surface area contributed by atoms with Crippen molar-refractivity contribution in [3.63, 3.8) is 0 Å². The van der Waals surface area contributed by atoms with E-state index in [1.54, 1.807) is 0 Å². The highest BCUT2D eigenvalue weighted by Crippen LogP contribution is 2.43. The van der Waals surface area contributed by atoms with Gasteiger partial charge in [0.15, 0.2) is 0 Å². The van der Waals surface area contributed by atoms with Crippen LogP contribution in [-0.4, -0.2) is 0 Å². The first-order chi connectivity index (χ1) is 34.4. The van der Waals surface area contributed by atoms with Crippen LogP contribution in [0, 0.1) is 0 Å². The summed E-state index contributed by atoms with van der Waals surface area (Å²) in [5.74, 6) is 0. The number of rotatable bonds is 2. The monoisotopic (exact) mass is 939 g/mol. The third-order valence-electron chi connectivity index (χ3n) is 9.10. The van der Waals surface area contributed by atoms with Crippen molar-refractivity contribution in [2.45, 2.75) is 138 Å². The van der Waals surface area contributed by atoms with Gasteiger partial charge in [-0.2, -0.15) is 0 Å². The summed E-state index contributed by atoms with van der Waals surface area (Å²) in [6.07, 6.45) is 1.10. The van der Waals surface area contributed by atoms with Crippen molar-refractivity contribution in [1.82, 2.24) is 0 Å². The molecule has 0 heterocycles. The second kappa shape index (κ2) is 50.4. The Morgan fingerprint density at radius 2 is 0.371 bits per heavy atom. The molecular formula is C70H98. The van der Waals surface area contributed by atoms with Crippen molar-refractivity contribution in [1.29, 1.82) is 0 Å². The van der Waals surface area contributed by atoms with Crippen molar-refractivity contribution in [3.8, 4) is 33.4 Å². The van der Waals surface area contributed by atoms with E-state index < -0.39 is 0 Å². The molecule has 0 aliphatic heterocycles. The highest BCUT2D eigenvalue weighted by molar-refractivity contribution is 6.21. The molecule has 0 nitrogen and oxygen atoms in total. The summed E-state index contributed by atoms with van der Waals surface area (Å²) in [5, 5.41) is 5.21. The van der Waals surface area contributed by atoms with Crippen LogP contribution in [0.1, 0.15) is 143 Å². The van der Waals surface area contributed by atoms with Crippen LogP contribution in [0.25, 0.3) is 54.9 Å². The predicted octanol–water partition coefficient (Wildman–Crippen LogP) is 23.8.